The number of aromatic nitrogens is 3. The molecule has 0 fully saturated rings. The lowest BCUT2D eigenvalue weighted by molar-refractivity contribution is -0.119. The van der Waals surface area contributed by atoms with Crippen LogP contribution < -0.4 is 4.90 Å². The van der Waals surface area contributed by atoms with Crippen LogP contribution in [0.15, 0.2) is 35.5 Å². The highest BCUT2D eigenvalue weighted by atomic mass is 32.2. The zero-order chi connectivity index (χ0) is 13.9. The Hall–Kier alpha value is -2.33. The monoisotopic (exact) mass is 285 g/mol. The van der Waals surface area contributed by atoms with Crippen LogP contribution in [0.3, 0.4) is 0 Å². The molecule has 1 aromatic carbocycles. The van der Waals surface area contributed by atoms with Gasteiger partial charge in [0.15, 0.2) is 0 Å². The number of benzene rings is 1. The Labute approximate surface area is 120 Å². The molecule has 1 aliphatic rings. The van der Waals surface area contributed by atoms with Crippen molar-refractivity contribution in [2.75, 3.05) is 17.2 Å². The molecule has 6 nitrogen and oxygen atoms in total. The fourth-order valence-electron chi connectivity index (χ4n) is 2.12. The van der Waals surface area contributed by atoms with Crippen molar-refractivity contribution in [2.45, 2.75) is 11.4 Å². The number of nitrogens with zero attached hydrogens (tertiary/aromatic N) is 5. The molecule has 0 saturated heterocycles. The van der Waals surface area contributed by atoms with Gasteiger partial charge in [0.2, 0.25) is 11.7 Å². The van der Waals surface area contributed by atoms with Crippen molar-refractivity contribution in [2.24, 2.45) is 0 Å². The van der Waals surface area contributed by atoms with Gasteiger partial charge in [-0.1, -0.05) is 12.1 Å². The van der Waals surface area contributed by atoms with Crippen LogP contribution in [0.1, 0.15) is 5.82 Å². The van der Waals surface area contributed by atoms with Crippen molar-refractivity contribution in [3.8, 4) is 6.07 Å². The Morgan fingerprint density at radius 1 is 1.45 bits per heavy atom. The van der Waals surface area contributed by atoms with Crippen molar-refractivity contribution >= 4 is 23.4 Å². The third kappa shape index (κ3) is 2.26. The van der Waals surface area contributed by atoms with E-state index in [-0.39, 0.29) is 18.3 Å². The van der Waals surface area contributed by atoms with Crippen LogP contribution >= 0.6 is 11.8 Å². The lowest BCUT2D eigenvalue weighted by Crippen LogP contribution is -2.37. The average molecular weight is 285 g/mol. The predicted molar refractivity (Wildman–Crippen MR) is 74.3 cm³/mol. The molecule has 0 aliphatic carbocycles. The summed E-state index contributed by atoms with van der Waals surface area (Å²) in [5.74, 6) is 0.961. The van der Waals surface area contributed by atoms with Crippen LogP contribution in [0, 0.1) is 11.3 Å². The summed E-state index contributed by atoms with van der Waals surface area (Å²) in [6.07, 6.45) is 1.40. The van der Waals surface area contributed by atoms with E-state index in [0.29, 0.717) is 6.54 Å². The summed E-state index contributed by atoms with van der Waals surface area (Å²) in [7, 11) is 0. The minimum Gasteiger partial charge on any atom is -0.309 e. The molecule has 0 radical (unpaired) electrons. The summed E-state index contributed by atoms with van der Waals surface area (Å²) in [5.41, 5.74) is 0.931. The summed E-state index contributed by atoms with van der Waals surface area (Å²) >= 11 is 1.75. The lowest BCUT2D eigenvalue weighted by atomic mass is 10.2. The van der Waals surface area contributed by atoms with Gasteiger partial charge in [-0.15, -0.1) is 22.0 Å². The molecule has 3 rings (SSSR count). The van der Waals surface area contributed by atoms with Gasteiger partial charge in [0.25, 0.3) is 0 Å². The van der Waals surface area contributed by atoms with Gasteiger partial charge in [-0.25, -0.2) is 0 Å². The van der Waals surface area contributed by atoms with Gasteiger partial charge in [0.05, 0.1) is 5.69 Å². The average Bonchev–Trinajstić information content (AvgIpc) is 2.93. The van der Waals surface area contributed by atoms with E-state index in [1.165, 1.54) is 10.9 Å². The van der Waals surface area contributed by atoms with E-state index in [2.05, 4.69) is 10.2 Å². The lowest BCUT2D eigenvalue weighted by Gasteiger charge is -2.29. The van der Waals surface area contributed by atoms with Crippen LogP contribution in [0.5, 0.6) is 0 Å². The second-order valence-electron chi connectivity index (χ2n) is 4.26. The van der Waals surface area contributed by atoms with Gasteiger partial charge in [0.1, 0.15) is 18.9 Å². The first-order valence-corrected chi connectivity index (χ1v) is 7.08. The van der Waals surface area contributed by atoms with E-state index in [9.17, 15) is 4.79 Å². The van der Waals surface area contributed by atoms with Crippen molar-refractivity contribution in [1.29, 1.82) is 5.26 Å². The van der Waals surface area contributed by atoms with Crippen LogP contribution in [-0.2, 0) is 11.3 Å². The molecule has 0 saturated carbocycles. The van der Waals surface area contributed by atoms with Crippen molar-refractivity contribution < 1.29 is 4.79 Å². The minimum absolute atomic E-state index is 0.0611. The van der Waals surface area contributed by atoms with Crippen molar-refractivity contribution in [3.63, 3.8) is 0 Å². The summed E-state index contributed by atoms with van der Waals surface area (Å²) in [6.45, 7) is 0.749. The maximum Gasteiger partial charge on any atom is 0.247 e. The first-order valence-electron chi connectivity index (χ1n) is 6.09. The molecule has 7 heteroatoms. The number of carbonyl (C=O) groups is 1. The molecule has 100 valence electrons. The van der Waals surface area contributed by atoms with E-state index in [1.807, 2.05) is 30.3 Å². The molecule has 0 bridgehead atoms. The molecule has 0 spiro atoms. The Bertz CT molecular complexity index is 690. The second kappa shape index (κ2) is 5.35. The van der Waals surface area contributed by atoms with Gasteiger partial charge in [-0.3, -0.25) is 9.36 Å². The van der Waals surface area contributed by atoms with E-state index < -0.39 is 0 Å². The maximum atomic E-state index is 12.4. The fraction of sp³-hybridized carbons (Fsp3) is 0.231. The molecular weight excluding hydrogens is 274 g/mol. The van der Waals surface area contributed by atoms with E-state index in [4.69, 9.17) is 5.26 Å². The van der Waals surface area contributed by atoms with Gasteiger partial charge in [-0.05, 0) is 12.1 Å². The highest BCUT2D eigenvalue weighted by Gasteiger charge is 2.23. The van der Waals surface area contributed by atoms with Crippen LogP contribution in [-0.4, -0.2) is 33.0 Å². The largest absolute Gasteiger partial charge is 0.309 e. The molecule has 1 amide bonds. The number of hydrogen-bond donors (Lipinski definition) is 0. The molecule has 2 heterocycles. The quantitative estimate of drug-likeness (QED) is 0.831. The number of amides is 1. The first-order chi connectivity index (χ1) is 9.79. The van der Waals surface area contributed by atoms with E-state index >= 15 is 0 Å². The SMILES string of the molecule is N#Cc1nncn1CC(=O)N1CCSc2ccccc21. The third-order valence-corrected chi connectivity index (χ3v) is 4.09. The van der Waals surface area contributed by atoms with Gasteiger partial charge < -0.3 is 4.90 Å². The highest BCUT2D eigenvalue weighted by molar-refractivity contribution is 7.99. The molecule has 0 atom stereocenters. The fourth-order valence-corrected chi connectivity index (χ4v) is 3.11. The number of para-hydroxylation sites is 1. The number of rotatable bonds is 2. The van der Waals surface area contributed by atoms with Crippen molar-refractivity contribution in [3.05, 3.63) is 36.4 Å². The van der Waals surface area contributed by atoms with Crippen LogP contribution in [0.2, 0.25) is 0 Å². The minimum atomic E-state index is -0.0611. The van der Waals surface area contributed by atoms with Crippen LogP contribution in [0.4, 0.5) is 5.69 Å². The summed E-state index contributed by atoms with van der Waals surface area (Å²) in [4.78, 5) is 15.3. The maximum absolute atomic E-state index is 12.4. The molecule has 20 heavy (non-hydrogen) atoms. The Morgan fingerprint density at radius 2 is 2.30 bits per heavy atom. The Balaban J connectivity index is 1.84. The number of thioether (sulfide) groups is 1. The second-order valence-corrected chi connectivity index (χ2v) is 5.39. The number of hydrogen-bond acceptors (Lipinski definition) is 5. The number of fused-ring (bicyclic) bond motifs is 1. The molecule has 2 aromatic rings. The predicted octanol–water partition coefficient (Wildman–Crippen LogP) is 1.29. The van der Waals surface area contributed by atoms with Gasteiger partial charge in [0, 0.05) is 17.2 Å². The third-order valence-electron chi connectivity index (χ3n) is 3.05. The smallest absolute Gasteiger partial charge is 0.247 e. The normalized spacial score (nSPS) is 13.7. The summed E-state index contributed by atoms with van der Waals surface area (Å²) in [6, 6.07) is 9.76. The van der Waals surface area contributed by atoms with Gasteiger partial charge >= 0.3 is 0 Å². The zero-order valence-corrected chi connectivity index (χ0v) is 11.4. The summed E-state index contributed by atoms with van der Waals surface area (Å²) in [5, 5.41) is 16.2. The molecular formula is C13H11N5OS. The van der Waals surface area contributed by atoms with E-state index in [1.54, 1.807) is 16.7 Å². The van der Waals surface area contributed by atoms with Crippen LogP contribution in [0.25, 0.3) is 0 Å². The van der Waals surface area contributed by atoms with Crippen molar-refractivity contribution in [1.82, 2.24) is 14.8 Å². The molecule has 0 N–H and O–H groups in total. The standard InChI is InChI=1S/C13H11N5OS/c14-7-12-16-15-9-17(12)8-13(19)18-5-6-20-11-4-2-1-3-10(11)18/h1-4,9H,5-6,8H2. The zero-order valence-electron chi connectivity index (χ0n) is 10.6. The first kappa shape index (κ1) is 12.7. The number of carbonyl (C=O) groups excluding carboxylic acids is 1. The van der Waals surface area contributed by atoms with Gasteiger partial charge in [-0.2, -0.15) is 5.26 Å². The Kier molecular flexibility index (Phi) is 3.39. The van der Waals surface area contributed by atoms with E-state index in [0.717, 1.165) is 16.3 Å². The number of nitriles is 1. The molecule has 0 unspecified atom stereocenters. The molecule has 1 aromatic heterocycles. The Morgan fingerprint density at radius 3 is 3.15 bits per heavy atom. The topological polar surface area (TPSA) is 74.8 Å². The summed E-state index contributed by atoms with van der Waals surface area (Å²) < 4.78 is 1.46. The molecule has 1 aliphatic heterocycles. The highest BCUT2D eigenvalue weighted by Crippen LogP contribution is 2.34. The number of anilines is 1.